The number of aryl methyl sites for hydroxylation is 1. The molecule has 1 aromatic rings. The second kappa shape index (κ2) is 5.61. The number of rotatable bonds is 2. The molecule has 2 heterocycles. The van der Waals surface area contributed by atoms with Crippen LogP contribution in [0.4, 0.5) is 11.4 Å². The summed E-state index contributed by atoms with van der Waals surface area (Å²) in [6, 6.07) is 6.13. The molecule has 0 radical (unpaired) electrons. The number of hydrogen-bond donors (Lipinski definition) is 2. The van der Waals surface area contributed by atoms with Crippen LogP contribution in [0, 0.1) is 5.92 Å². The summed E-state index contributed by atoms with van der Waals surface area (Å²) >= 11 is 0. The lowest BCUT2D eigenvalue weighted by Crippen LogP contribution is -2.29. The summed E-state index contributed by atoms with van der Waals surface area (Å²) in [7, 11) is 0. The highest BCUT2D eigenvalue weighted by Crippen LogP contribution is 2.30. The number of fused-ring (bicyclic) bond motifs is 1. The van der Waals surface area contributed by atoms with Crippen molar-refractivity contribution in [2.45, 2.75) is 25.7 Å². The number of carbonyl (C=O) groups is 1. The lowest BCUT2D eigenvalue weighted by Gasteiger charge is -2.24. The molecule has 0 unspecified atom stereocenters. The molecule has 0 atom stereocenters. The molecule has 4 heteroatoms. The Hall–Kier alpha value is -1.55. The van der Waals surface area contributed by atoms with Gasteiger partial charge in [0, 0.05) is 25.7 Å². The summed E-state index contributed by atoms with van der Waals surface area (Å²) in [6.07, 6.45) is 3.90. The number of para-hydroxylation sites is 1. The first-order valence-corrected chi connectivity index (χ1v) is 7.09. The second-order valence-corrected chi connectivity index (χ2v) is 5.25. The summed E-state index contributed by atoms with van der Waals surface area (Å²) in [4.78, 5) is 12.3. The Bertz CT molecular complexity index is 467. The topological polar surface area (TPSA) is 50.4 Å². The third-order valence-electron chi connectivity index (χ3n) is 3.93. The molecular formula is C15H20N2O2. The van der Waals surface area contributed by atoms with E-state index in [1.807, 2.05) is 12.1 Å². The van der Waals surface area contributed by atoms with Gasteiger partial charge in [0.1, 0.15) is 0 Å². The molecule has 19 heavy (non-hydrogen) atoms. The predicted octanol–water partition coefficient (Wildman–Crippen LogP) is 2.41. The molecule has 0 saturated carbocycles. The highest BCUT2D eigenvalue weighted by Gasteiger charge is 2.23. The Kier molecular flexibility index (Phi) is 3.69. The fourth-order valence-corrected chi connectivity index (χ4v) is 2.81. The fraction of sp³-hybridized carbons (Fsp3) is 0.533. The van der Waals surface area contributed by atoms with E-state index in [9.17, 15) is 4.79 Å². The molecule has 102 valence electrons. The maximum atomic E-state index is 12.3. The van der Waals surface area contributed by atoms with Crippen LogP contribution in [-0.4, -0.2) is 25.7 Å². The maximum absolute atomic E-state index is 12.3. The van der Waals surface area contributed by atoms with Crippen molar-refractivity contribution in [3.8, 4) is 0 Å². The molecule has 0 aromatic heterocycles. The van der Waals surface area contributed by atoms with Crippen molar-refractivity contribution in [2.75, 3.05) is 30.4 Å². The van der Waals surface area contributed by atoms with Crippen LogP contribution in [0.5, 0.6) is 0 Å². The Morgan fingerprint density at radius 3 is 3.00 bits per heavy atom. The summed E-state index contributed by atoms with van der Waals surface area (Å²) < 4.78 is 5.30. The van der Waals surface area contributed by atoms with Gasteiger partial charge in [0.15, 0.2) is 0 Å². The van der Waals surface area contributed by atoms with E-state index < -0.39 is 0 Å². The molecule has 0 aliphatic carbocycles. The lowest BCUT2D eigenvalue weighted by molar-refractivity contribution is -0.122. The van der Waals surface area contributed by atoms with Gasteiger partial charge in [-0.15, -0.1) is 0 Å². The van der Waals surface area contributed by atoms with Crippen molar-refractivity contribution in [1.29, 1.82) is 0 Å². The van der Waals surface area contributed by atoms with Gasteiger partial charge in [-0.3, -0.25) is 4.79 Å². The van der Waals surface area contributed by atoms with Crippen molar-refractivity contribution < 1.29 is 9.53 Å². The van der Waals surface area contributed by atoms with Gasteiger partial charge in [-0.05, 0) is 37.3 Å². The Balaban J connectivity index is 1.74. The third-order valence-corrected chi connectivity index (χ3v) is 3.93. The van der Waals surface area contributed by atoms with Gasteiger partial charge in [-0.25, -0.2) is 0 Å². The van der Waals surface area contributed by atoms with E-state index in [1.54, 1.807) is 0 Å². The smallest absolute Gasteiger partial charge is 0.227 e. The molecule has 0 bridgehead atoms. The van der Waals surface area contributed by atoms with E-state index in [2.05, 4.69) is 16.7 Å². The van der Waals surface area contributed by atoms with Crippen LogP contribution in [0.2, 0.25) is 0 Å². The first kappa shape index (κ1) is 12.5. The van der Waals surface area contributed by atoms with Crippen LogP contribution in [0.15, 0.2) is 18.2 Å². The molecule has 2 aliphatic rings. The zero-order valence-corrected chi connectivity index (χ0v) is 11.1. The summed E-state index contributed by atoms with van der Waals surface area (Å²) in [6.45, 7) is 2.38. The number of anilines is 2. The first-order chi connectivity index (χ1) is 9.34. The van der Waals surface area contributed by atoms with Gasteiger partial charge in [0.25, 0.3) is 0 Å². The molecule has 2 aliphatic heterocycles. The van der Waals surface area contributed by atoms with Crippen LogP contribution in [0.1, 0.15) is 24.8 Å². The highest BCUT2D eigenvalue weighted by atomic mass is 16.5. The van der Waals surface area contributed by atoms with Crippen LogP contribution >= 0.6 is 0 Å². The van der Waals surface area contributed by atoms with Gasteiger partial charge in [0.05, 0.1) is 11.4 Å². The fourth-order valence-electron chi connectivity index (χ4n) is 2.81. The highest BCUT2D eigenvalue weighted by molar-refractivity contribution is 5.96. The van der Waals surface area contributed by atoms with Gasteiger partial charge < -0.3 is 15.4 Å². The number of hydrogen-bond acceptors (Lipinski definition) is 3. The molecule has 1 fully saturated rings. The van der Waals surface area contributed by atoms with Crippen molar-refractivity contribution in [3.05, 3.63) is 23.8 Å². The van der Waals surface area contributed by atoms with E-state index in [1.165, 1.54) is 5.56 Å². The molecule has 1 aromatic carbocycles. The quantitative estimate of drug-likeness (QED) is 0.858. The number of amides is 1. The van der Waals surface area contributed by atoms with E-state index in [-0.39, 0.29) is 11.8 Å². The summed E-state index contributed by atoms with van der Waals surface area (Å²) in [5, 5.41) is 6.48. The molecule has 0 spiro atoms. The van der Waals surface area contributed by atoms with Gasteiger partial charge in [0.2, 0.25) is 5.91 Å². The largest absolute Gasteiger partial charge is 0.383 e. The molecule has 1 saturated heterocycles. The molecule has 4 nitrogen and oxygen atoms in total. The first-order valence-electron chi connectivity index (χ1n) is 7.09. The van der Waals surface area contributed by atoms with Crippen molar-refractivity contribution in [3.63, 3.8) is 0 Å². The number of carbonyl (C=O) groups excluding carboxylic acids is 1. The van der Waals surface area contributed by atoms with E-state index in [0.29, 0.717) is 13.2 Å². The summed E-state index contributed by atoms with van der Waals surface area (Å²) in [5.41, 5.74) is 3.33. The minimum absolute atomic E-state index is 0.0909. The van der Waals surface area contributed by atoms with Crippen molar-refractivity contribution >= 4 is 17.3 Å². The Labute approximate surface area is 113 Å². The zero-order chi connectivity index (χ0) is 13.1. The second-order valence-electron chi connectivity index (χ2n) is 5.25. The van der Waals surface area contributed by atoms with E-state index in [4.69, 9.17) is 4.74 Å². The maximum Gasteiger partial charge on any atom is 0.227 e. The van der Waals surface area contributed by atoms with Crippen LogP contribution < -0.4 is 10.6 Å². The van der Waals surface area contributed by atoms with Crippen LogP contribution in [0.25, 0.3) is 0 Å². The third kappa shape index (κ3) is 2.73. The van der Waals surface area contributed by atoms with Gasteiger partial charge >= 0.3 is 0 Å². The molecule has 1 amide bonds. The van der Waals surface area contributed by atoms with Crippen molar-refractivity contribution in [1.82, 2.24) is 0 Å². The van der Waals surface area contributed by atoms with Crippen LogP contribution in [0.3, 0.4) is 0 Å². The normalized spacial score (nSPS) is 19.4. The van der Waals surface area contributed by atoms with Crippen molar-refractivity contribution in [2.24, 2.45) is 5.92 Å². The number of benzene rings is 1. The lowest BCUT2D eigenvalue weighted by atomic mass is 9.98. The minimum Gasteiger partial charge on any atom is -0.383 e. The Morgan fingerprint density at radius 1 is 1.32 bits per heavy atom. The van der Waals surface area contributed by atoms with E-state index in [0.717, 1.165) is 43.6 Å². The standard InChI is InChI=1S/C15H20N2O2/c18-15(12-6-9-19-10-7-12)17-13-5-1-3-11-4-2-8-16-14(11)13/h1,3,5,12,16H,2,4,6-10H2,(H,17,18). The average Bonchev–Trinajstić information content (AvgIpc) is 2.48. The van der Waals surface area contributed by atoms with Crippen LogP contribution in [-0.2, 0) is 16.0 Å². The number of nitrogens with one attached hydrogen (secondary N) is 2. The summed E-state index contributed by atoms with van der Waals surface area (Å²) in [5.74, 6) is 0.220. The van der Waals surface area contributed by atoms with Gasteiger partial charge in [-0.2, -0.15) is 0 Å². The predicted molar refractivity (Wildman–Crippen MR) is 75.4 cm³/mol. The monoisotopic (exact) mass is 260 g/mol. The zero-order valence-electron chi connectivity index (χ0n) is 11.1. The number of ether oxygens (including phenoxy) is 1. The minimum atomic E-state index is 0.0909. The SMILES string of the molecule is O=C(Nc1cccc2c1NCCC2)C1CCOCC1. The van der Waals surface area contributed by atoms with E-state index >= 15 is 0 Å². The molecule has 3 rings (SSSR count). The Morgan fingerprint density at radius 2 is 2.16 bits per heavy atom. The molecule has 2 N–H and O–H groups in total. The van der Waals surface area contributed by atoms with Gasteiger partial charge in [-0.1, -0.05) is 12.1 Å². The molecular weight excluding hydrogens is 240 g/mol. The average molecular weight is 260 g/mol.